The lowest BCUT2D eigenvalue weighted by Gasteiger charge is -2.31. The third-order valence-corrected chi connectivity index (χ3v) is 4.10. The molecule has 0 bridgehead atoms. The van der Waals surface area contributed by atoms with E-state index in [4.69, 9.17) is 5.73 Å². The molecule has 19 heavy (non-hydrogen) atoms. The molecule has 2 heterocycles. The van der Waals surface area contributed by atoms with Gasteiger partial charge in [0.15, 0.2) is 0 Å². The first-order chi connectivity index (χ1) is 9.06. The van der Waals surface area contributed by atoms with Crippen LogP contribution in [-0.4, -0.2) is 43.6 Å². The molecule has 1 aromatic rings. The molecule has 106 valence electrons. The lowest BCUT2D eigenvalue weighted by atomic mass is 9.95. The predicted molar refractivity (Wildman–Crippen MR) is 81.5 cm³/mol. The van der Waals surface area contributed by atoms with Crippen LogP contribution in [0.1, 0.15) is 25.0 Å². The topological polar surface area (TPSA) is 45.4 Å². The van der Waals surface area contributed by atoms with Gasteiger partial charge in [0, 0.05) is 20.1 Å². The fourth-order valence-corrected chi connectivity index (χ4v) is 2.77. The van der Waals surface area contributed by atoms with Crippen molar-refractivity contribution in [2.45, 2.75) is 26.2 Å². The van der Waals surface area contributed by atoms with Gasteiger partial charge in [-0.05, 0) is 57.8 Å². The van der Waals surface area contributed by atoms with Crippen molar-refractivity contribution >= 4 is 11.5 Å². The maximum atomic E-state index is 5.81. The minimum absolute atomic E-state index is 0.769. The van der Waals surface area contributed by atoms with Crippen molar-refractivity contribution < 1.29 is 0 Å². The lowest BCUT2D eigenvalue weighted by Crippen LogP contribution is -2.34. The summed E-state index contributed by atoms with van der Waals surface area (Å²) >= 11 is 0. The second-order valence-electron chi connectivity index (χ2n) is 5.82. The molecule has 1 aliphatic heterocycles. The highest BCUT2D eigenvalue weighted by atomic mass is 15.2. The Kier molecular flexibility index (Phi) is 4.64. The molecule has 2 N–H and O–H groups in total. The molecule has 0 saturated carbocycles. The highest BCUT2D eigenvalue weighted by Crippen LogP contribution is 2.20. The SMILES string of the molecule is Cc1nc(N(C)CCC2CCCN(C)C2)ccc1N. The zero-order valence-corrected chi connectivity index (χ0v) is 12.4. The van der Waals surface area contributed by atoms with E-state index in [1.807, 2.05) is 19.1 Å². The van der Waals surface area contributed by atoms with E-state index in [-0.39, 0.29) is 0 Å². The van der Waals surface area contributed by atoms with Gasteiger partial charge in [0.2, 0.25) is 0 Å². The number of nitrogens with two attached hydrogens (primary N) is 1. The van der Waals surface area contributed by atoms with Crippen molar-refractivity contribution in [1.29, 1.82) is 0 Å². The van der Waals surface area contributed by atoms with Crippen molar-refractivity contribution in [2.75, 3.05) is 44.4 Å². The highest BCUT2D eigenvalue weighted by molar-refractivity contribution is 5.49. The van der Waals surface area contributed by atoms with Crippen molar-refractivity contribution in [3.63, 3.8) is 0 Å². The summed E-state index contributed by atoms with van der Waals surface area (Å²) in [5, 5.41) is 0. The van der Waals surface area contributed by atoms with Crippen molar-refractivity contribution in [3.8, 4) is 0 Å². The van der Waals surface area contributed by atoms with Crippen molar-refractivity contribution in [3.05, 3.63) is 17.8 Å². The fraction of sp³-hybridized carbons (Fsp3) is 0.667. The Morgan fingerprint density at radius 1 is 1.47 bits per heavy atom. The average Bonchev–Trinajstić information content (AvgIpc) is 2.39. The molecule has 0 spiro atoms. The third kappa shape index (κ3) is 3.83. The second-order valence-corrected chi connectivity index (χ2v) is 5.82. The Morgan fingerprint density at radius 3 is 2.95 bits per heavy atom. The Morgan fingerprint density at radius 2 is 2.26 bits per heavy atom. The Bertz CT molecular complexity index is 419. The van der Waals surface area contributed by atoms with Gasteiger partial charge in [-0.15, -0.1) is 0 Å². The molecule has 1 unspecified atom stereocenters. The van der Waals surface area contributed by atoms with Gasteiger partial charge in [-0.3, -0.25) is 0 Å². The zero-order chi connectivity index (χ0) is 13.8. The van der Waals surface area contributed by atoms with E-state index in [0.29, 0.717) is 0 Å². The number of likely N-dealkylation sites (tertiary alicyclic amines) is 1. The van der Waals surface area contributed by atoms with E-state index in [1.165, 1.54) is 32.4 Å². The Balaban J connectivity index is 1.86. The summed E-state index contributed by atoms with van der Waals surface area (Å²) in [6, 6.07) is 3.96. The number of rotatable bonds is 4. The zero-order valence-electron chi connectivity index (χ0n) is 12.4. The maximum absolute atomic E-state index is 5.81. The van der Waals surface area contributed by atoms with E-state index >= 15 is 0 Å². The van der Waals surface area contributed by atoms with E-state index in [0.717, 1.165) is 29.7 Å². The summed E-state index contributed by atoms with van der Waals surface area (Å²) in [6.45, 7) is 5.52. The van der Waals surface area contributed by atoms with E-state index in [9.17, 15) is 0 Å². The minimum Gasteiger partial charge on any atom is -0.397 e. The minimum atomic E-state index is 0.769. The van der Waals surface area contributed by atoms with Crippen LogP contribution in [0.25, 0.3) is 0 Å². The van der Waals surface area contributed by atoms with E-state index in [1.54, 1.807) is 0 Å². The average molecular weight is 262 g/mol. The highest BCUT2D eigenvalue weighted by Gasteiger charge is 2.17. The summed E-state index contributed by atoms with van der Waals surface area (Å²) in [5.41, 5.74) is 7.50. The van der Waals surface area contributed by atoms with Crippen LogP contribution in [0.4, 0.5) is 11.5 Å². The van der Waals surface area contributed by atoms with Crippen LogP contribution in [0.3, 0.4) is 0 Å². The predicted octanol–water partition coefficient (Wildman–Crippen LogP) is 2.14. The largest absolute Gasteiger partial charge is 0.397 e. The first-order valence-electron chi connectivity index (χ1n) is 7.19. The van der Waals surface area contributed by atoms with Crippen LogP contribution in [0.5, 0.6) is 0 Å². The molecule has 1 aromatic heterocycles. The first-order valence-corrected chi connectivity index (χ1v) is 7.19. The van der Waals surface area contributed by atoms with Gasteiger partial charge in [0.05, 0.1) is 11.4 Å². The van der Waals surface area contributed by atoms with Gasteiger partial charge >= 0.3 is 0 Å². The normalized spacial score (nSPS) is 20.5. The summed E-state index contributed by atoms with van der Waals surface area (Å²) in [4.78, 5) is 9.22. The number of anilines is 2. The van der Waals surface area contributed by atoms with Crippen LogP contribution in [-0.2, 0) is 0 Å². The van der Waals surface area contributed by atoms with Gasteiger partial charge in [-0.25, -0.2) is 4.98 Å². The van der Waals surface area contributed by atoms with Crippen LogP contribution < -0.4 is 10.6 Å². The molecular weight excluding hydrogens is 236 g/mol. The first kappa shape index (κ1) is 14.1. The number of nitrogen functional groups attached to an aromatic ring is 1. The number of piperidine rings is 1. The Hall–Kier alpha value is -1.29. The number of nitrogens with zero attached hydrogens (tertiary/aromatic N) is 3. The molecule has 0 aromatic carbocycles. The summed E-state index contributed by atoms with van der Waals surface area (Å²) < 4.78 is 0. The number of aromatic nitrogens is 1. The number of hydrogen-bond donors (Lipinski definition) is 1. The summed E-state index contributed by atoms with van der Waals surface area (Å²) in [6.07, 6.45) is 3.95. The summed E-state index contributed by atoms with van der Waals surface area (Å²) in [7, 11) is 4.34. The van der Waals surface area contributed by atoms with Crippen LogP contribution >= 0.6 is 0 Å². The number of aryl methyl sites for hydroxylation is 1. The van der Waals surface area contributed by atoms with Gasteiger partial charge in [-0.1, -0.05) is 0 Å². The molecule has 0 amide bonds. The number of hydrogen-bond acceptors (Lipinski definition) is 4. The molecule has 1 atom stereocenters. The molecule has 4 nitrogen and oxygen atoms in total. The van der Waals surface area contributed by atoms with Crippen molar-refractivity contribution in [1.82, 2.24) is 9.88 Å². The molecule has 0 radical (unpaired) electrons. The second kappa shape index (κ2) is 6.24. The monoisotopic (exact) mass is 262 g/mol. The van der Waals surface area contributed by atoms with Gasteiger partial charge in [0.1, 0.15) is 5.82 Å². The molecule has 2 rings (SSSR count). The van der Waals surface area contributed by atoms with Crippen LogP contribution in [0.2, 0.25) is 0 Å². The van der Waals surface area contributed by atoms with E-state index in [2.05, 4.69) is 28.9 Å². The molecular formula is C15H26N4. The van der Waals surface area contributed by atoms with Crippen LogP contribution in [0, 0.1) is 12.8 Å². The third-order valence-electron chi connectivity index (χ3n) is 4.10. The summed E-state index contributed by atoms with van der Waals surface area (Å²) in [5.74, 6) is 1.85. The van der Waals surface area contributed by atoms with Gasteiger partial charge in [0.25, 0.3) is 0 Å². The number of pyridine rings is 1. The van der Waals surface area contributed by atoms with Crippen LogP contribution in [0.15, 0.2) is 12.1 Å². The lowest BCUT2D eigenvalue weighted by molar-refractivity contribution is 0.203. The van der Waals surface area contributed by atoms with Crippen molar-refractivity contribution in [2.24, 2.45) is 5.92 Å². The van der Waals surface area contributed by atoms with Gasteiger partial charge < -0.3 is 15.5 Å². The quantitative estimate of drug-likeness (QED) is 0.903. The molecule has 1 saturated heterocycles. The molecule has 0 aliphatic carbocycles. The fourth-order valence-electron chi connectivity index (χ4n) is 2.77. The van der Waals surface area contributed by atoms with E-state index < -0.39 is 0 Å². The smallest absolute Gasteiger partial charge is 0.128 e. The molecule has 1 fully saturated rings. The van der Waals surface area contributed by atoms with Gasteiger partial charge in [-0.2, -0.15) is 0 Å². The Labute approximate surface area is 116 Å². The molecule has 4 heteroatoms. The standard InChI is InChI=1S/C15H26N4/c1-12-14(16)6-7-15(17-12)19(3)10-8-13-5-4-9-18(2)11-13/h6-7,13H,4-5,8-11,16H2,1-3H3. The molecule has 1 aliphatic rings. The maximum Gasteiger partial charge on any atom is 0.128 e.